The molecule has 16 heavy (non-hydrogen) atoms. The molecular formula is C12H18BrNOS. The smallest absolute Gasteiger partial charge is 0.0565 e. The van der Waals surface area contributed by atoms with Crippen LogP contribution in [-0.4, -0.2) is 18.2 Å². The predicted molar refractivity (Wildman–Crippen MR) is 71.9 cm³/mol. The largest absolute Gasteiger partial charge is 0.375 e. The van der Waals surface area contributed by atoms with Gasteiger partial charge in [0.2, 0.25) is 0 Å². The highest BCUT2D eigenvalue weighted by Gasteiger charge is 2.23. The maximum absolute atomic E-state index is 5.73. The normalized spacial score (nSPS) is 30.6. The summed E-state index contributed by atoms with van der Waals surface area (Å²) in [6.07, 6.45) is 3.00. The molecule has 1 aliphatic heterocycles. The van der Waals surface area contributed by atoms with Gasteiger partial charge in [0.25, 0.3) is 0 Å². The fourth-order valence-electron chi connectivity index (χ4n) is 2.26. The highest BCUT2D eigenvalue weighted by Crippen LogP contribution is 2.24. The fraction of sp³-hybridized carbons (Fsp3) is 0.667. The maximum atomic E-state index is 5.73. The van der Waals surface area contributed by atoms with Gasteiger partial charge in [-0.2, -0.15) is 0 Å². The lowest BCUT2D eigenvalue weighted by Gasteiger charge is -2.32. The molecule has 1 saturated heterocycles. The molecule has 90 valence electrons. The molecule has 2 nitrogen and oxygen atoms in total. The van der Waals surface area contributed by atoms with Crippen LogP contribution in [0, 0.1) is 0 Å². The minimum Gasteiger partial charge on any atom is -0.375 e. The van der Waals surface area contributed by atoms with Crippen molar-refractivity contribution in [3.63, 3.8) is 0 Å². The molecule has 4 heteroatoms. The van der Waals surface area contributed by atoms with Gasteiger partial charge in [-0.05, 0) is 54.1 Å². The number of ether oxygens (including phenoxy) is 1. The quantitative estimate of drug-likeness (QED) is 0.922. The lowest BCUT2D eigenvalue weighted by atomic mass is 10.00. The summed E-state index contributed by atoms with van der Waals surface area (Å²) in [5.74, 6) is 0. The molecule has 0 spiro atoms. The first kappa shape index (κ1) is 12.6. The second-order valence-electron chi connectivity index (χ2n) is 4.50. The van der Waals surface area contributed by atoms with Gasteiger partial charge in [-0.25, -0.2) is 0 Å². The summed E-state index contributed by atoms with van der Waals surface area (Å²) in [7, 11) is 0. The van der Waals surface area contributed by atoms with E-state index in [4.69, 9.17) is 4.74 Å². The maximum Gasteiger partial charge on any atom is 0.0565 e. The standard InChI is InChI=1S/C12H18BrNOS/c1-8-5-10(6-9(2)15-8)14-7-12-11(13)3-4-16-12/h3-4,8-10,14H,5-7H2,1-2H3. The molecule has 0 radical (unpaired) electrons. The summed E-state index contributed by atoms with van der Waals surface area (Å²) in [6, 6.07) is 2.70. The molecule has 2 rings (SSSR count). The van der Waals surface area contributed by atoms with Crippen molar-refractivity contribution in [2.24, 2.45) is 0 Å². The van der Waals surface area contributed by atoms with Crippen LogP contribution in [-0.2, 0) is 11.3 Å². The zero-order valence-electron chi connectivity index (χ0n) is 9.70. The van der Waals surface area contributed by atoms with Crippen LogP contribution in [0.2, 0.25) is 0 Å². The van der Waals surface area contributed by atoms with E-state index in [1.807, 2.05) is 0 Å². The van der Waals surface area contributed by atoms with Crippen LogP contribution in [0.15, 0.2) is 15.9 Å². The van der Waals surface area contributed by atoms with Crippen molar-refractivity contribution in [3.05, 3.63) is 20.8 Å². The molecule has 2 atom stereocenters. The summed E-state index contributed by atoms with van der Waals surface area (Å²) in [4.78, 5) is 1.38. The molecule has 0 aliphatic carbocycles. The molecule has 1 aromatic rings. The van der Waals surface area contributed by atoms with Crippen LogP contribution >= 0.6 is 27.3 Å². The Kier molecular flexibility index (Phi) is 4.41. The first-order valence-corrected chi connectivity index (χ1v) is 7.43. The van der Waals surface area contributed by atoms with E-state index in [-0.39, 0.29) is 0 Å². The average molecular weight is 304 g/mol. The van der Waals surface area contributed by atoms with Crippen molar-refractivity contribution in [1.29, 1.82) is 0 Å². The Morgan fingerprint density at radius 1 is 1.44 bits per heavy atom. The second kappa shape index (κ2) is 5.63. The van der Waals surface area contributed by atoms with E-state index in [0.29, 0.717) is 18.2 Å². The summed E-state index contributed by atoms with van der Waals surface area (Å²) in [5.41, 5.74) is 0. The highest BCUT2D eigenvalue weighted by atomic mass is 79.9. The zero-order valence-corrected chi connectivity index (χ0v) is 12.1. The van der Waals surface area contributed by atoms with Gasteiger partial charge in [-0.1, -0.05) is 0 Å². The SMILES string of the molecule is CC1CC(NCc2sccc2Br)CC(C)O1. The second-order valence-corrected chi connectivity index (χ2v) is 6.35. The zero-order chi connectivity index (χ0) is 11.5. The van der Waals surface area contributed by atoms with Crippen molar-refractivity contribution < 1.29 is 4.74 Å². The third kappa shape index (κ3) is 3.29. The molecule has 0 bridgehead atoms. The summed E-state index contributed by atoms with van der Waals surface area (Å²) in [5, 5.41) is 5.75. The minimum atomic E-state index is 0.382. The van der Waals surface area contributed by atoms with Crippen LogP contribution in [0.25, 0.3) is 0 Å². The molecule has 1 fully saturated rings. The van der Waals surface area contributed by atoms with Crippen LogP contribution in [0.4, 0.5) is 0 Å². The third-order valence-corrected chi connectivity index (χ3v) is 4.87. The first-order chi connectivity index (χ1) is 7.65. The number of halogens is 1. The first-order valence-electron chi connectivity index (χ1n) is 5.76. The van der Waals surface area contributed by atoms with E-state index in [1.165, 1.54) is 9.35 Å². The Morgan fingerprint density at radius 2 is 2.12 bits per heavy atom. The minimum absolute atomic E-state index is 0.382. The van der Waals surface area contributed by atoms with Crippen molar-refractivity contribution in [1.82, 2.24) is 5.32 Å². The van der Waals surface area contributed by atoms with Gasteiger partial charge in [-0.3, -0.25) is 0 Å². The molecule has 1 N–H and O–H groups in total. The van der Waals surface area contributed by atoms with E-state index in [2.05, 4.69) is 46.5 Å². The molecule has 0 saturated carbocycles. The molecule has 2 unspecified atom stereocenters. The lowest BCUT2D eigenvalue weighted by Crippen LogP contribution is -2.40. The number of rotatable bonds is 3. The average Bonchev–Trinajstić information content (AvgIpc) is 2.59. The van der Waals surface area contributed by atoms with E-state index >= 15 is 0 Å². The van der Waals surface area contributed by atoms with Gasteiger partial charge in [0.1, 0.15) is 0 Å². The summed E-state index contributed by atoms with van der Waals surface area (Å²) < 4.78 is 6.95. The fourth-order valence-corrected chi connectivity index (χ4v) is 3.70. The number of hydrogen-bond donors (Lipinski definition) is 1. The lowest BCUT2D eigenvalue weighted by molar-refractivity contribution is -0.0422. The number of thiophene rings is 1. The van der Waals surface area contributed by atoms with E-state index in [1.54, 1.807) is 11.3 Å². The van der Waals surface area contributed by atoms with E-state index in [0.717, 1.165) is 19.4 Å². The van der Waals surface area contributed by atoms with Gasteiger partial charge in [-0.15, -0.1) is 11.3 Å². The van der Waals surface area contributed by atoms with Crippen LogP contribution in [0.1, 0.15) is 31.6 Å². The Labute approximate surface area is 110 Å². The van der Waals surface area contributed by atoms with E-state index < -0.39 is 0 Å². The van der Waals surface area contributed by atoms with Gasteiger partial charge in [0.15, 0.2) is 0 Å². The number of nitrogens with one attached hydrogen (secondary N) is 1. The van der Waals surface area contributed by atoms with Crippen LogP contribution < -0.4 is 5.32 Å². The third-order valence-electron chi connectivity index (χ3n) is 2.94. The Hall–Kier alpha value is 0.1000. The molecule has 1 aliphatic rings. The topological polar surface area (TPSA) is 21.3 Å². The molecule has 0 aromatic carbocycles. The van der Waals surface area contributed by atoms with Crippen molar-refractivity contribution in [2.75, 3.05) is 0 Å². The van der Waals surface area contributed by atoms with E-state index in [9.17, 15) is 0 Å². The monoisotopic (exact) mass is 303 g/mol. The van der Waals surface area contributed by atoms with Crippen molar-refractivity contribution >= 4 is 27.3 Å². The van der Waals surface area contributed by atoms with Gasteiger partial charge in [0.05, 0.1) is 12.2 Å². The molecule has 2 heterocycles. The van der Waals surface area contributed by atoms with Gasteiger partial charge >= 0.3 is 0 Å². The molecule has 1 aromatic heterocycles. The highest BCUT2D eigenvalue weighted by molar-refractivity contribution is 9.10. The van der Waals surface area contributed by atoms with Gasteiger partial charge in [0, 0.05) is 21.9 Å². The van der Waals surface area contributed by atoms with Crippen LogP contribution in [0.3, 0.4) is 0 Å². The van der Waals surface area contributed by atoms with Gasteiger partial charge < -0.3 is 10.1 Å². The summed E-state index contributed by atoms with van der Waals surface area (Å²) >= 11 is 5.36. The predicted octanol–water partition coefficient (Wildman–Crippen LogP) is 3.56. The molecule has 0 amide bonds. The van der Waals surface area contributed by atoms with Crippen LogP contribution in [0.5, 0.6) is 0 Å². The Morgan fingerprint density at radius 3 is 2.69 bits per heavy atom. The van der Waals surface area contributed by atoms with Crippen molar-refractivity contribution in [2.45, 2.75) is 51.5 Å². The Balaban J connectivity index is 1.84. The Bertz CT molecular complexity index is 332. The number of hydrogen-bond acceptors (Lipinski definition) is 3. The molecular weight excluding hydrogens is 286 g/mol. The van der Waals surface area contributed by atoms with Crippen molar-refractivity contribution in [3.8, 4) is 0 Å². The summed E-state index contributed by atoms with van der Waals surface area (Å²) in [6.45, 7) is 5.28.